The van der Waals surface area contributed by atoms with Crippen molar-refractivity contribution in [1.29, 1.82) is 0 Å². The Bertz CT molecular complexity index is 1370. The van der Waals surface area contributed by atoms with Crippen LogP contribution >= 0.6 is 35.3 Å². The number of para-hydroxylation sites is 2. The topological polar surface area (TPSA) is 69.7 Å². The number of hydrogen-bond donors (Lipinski definition) is 0. The van der Waals surface area contributed by atoms with Gasteiger partial charge in [-0.2, -0.15) is 35.3 Å². The van der Waals surface area contributed by atoms with Crippen LogP contribution in [0.25, 0.3) is 0 Å². The summed E-state index contributed by atoms with van der Waals surface area (Å²) in [4.78, 5) is 32.8. The maximum absolute atomic E-state index is 10.9. The van der Waals surface area contributed by atoms with E-state index in [-0.39, 0.29) is 0 Å². The lowest BCUT2D eigenvalue weighted by atomic mass is 9.92. The van der Waals surface area contributed by atoms with Crippen molar-refractivity contribution in [2.75, 3.05) is 30.5 Å². The molecule has 65 heavy (non-hydrogen) atoms. The number of carbonyl (C=O) groups excluding carboxylic acids is 3. The second-order valence-corrected chi connectivity index (χ2v) is 20.4. The first-order valence-electron chi connectivity index (χ1n) is 25.3. The average molecular weight is 958 g/mol. The largest absolute Gasteiger partial charge is 0.486 e. The molecule has 0 spiro atoms. The van der Waals surface area contributed by atoms with E-state index in [1.807, 2.05) is 86.6 Å². The summed E-state index contributed by atoms with van der Waals surface area (Å²) in [5, 5.41) is 1.75. The van der Waals surface area contributed by atoms with Crippen LogP contribution in [-0.4, -0.2) is 63.6 Å². The zero-order valence-corrected chi connectivity index (χ0v) is 46.6. The Kier molecular flexibility index (Phi) is 49.0. The minimum atomic E-state index is 0.390. The summed E-state index contributed by atoms with van der Waals surface area (Å²) in [5.41, 5.74) is 6.29. The molecule has 1 heterocycles. The summed E-state index contributed by atoms with van der Waals surface area (Å²) in [5.74, 6) is 4.98. The van der Waals surface area contributed by atoms with Crippen molar-refractivity contribution in [2.45, 2.75) is 203 Å². The molecule has 0 aromatic heterocycles. The van der Waals surface area contributed by atoms with Crippen LogP contribution in [0.4, 0.5) is 0 Å². The van der Waals surface area contributed by atoms with E-state index < -0.39 is 0 Å². The molecule has 0 radical (unpaired) electrons. The maximum Gasteiger partial charge on any atom is 0.161 e. The molecule has 2 aliphatic carbocycles. The first-order valence-corrected chi connectivity index (χ1v) is 28.4. The highest BCUT2D eigenvalue weighted by molar-refractivity contribution is 8.00. The lowest BCUT2D eigenvalue weighted by molar-refractivity contribution is -0.117. The van der Waals surface area contributed by atoms with Gasteiger partial charge in [0.1, 0.15) is 30.6 Å². The Labute approximate surface area is 414 Å². The third-order valence-corrected chi connectivity index (χ3v) is 12.5. The molecule has 8 heteroatoms. The first kappa shape index (κ1) is 66.6. The summed E-state index contributed by atoms with van der Waals surface area (Å²) < 4.78 is 10.6. The molecular formula is C57H96O5S3. The molecule has 3 aromatic rings. The smallest absolute Gasteiger partial charge is 0.161 e. The monoisotopic (exact) mass is 957 g/mol. The zero-order chi connectivity index (χ0) is 49.7. The number of carbonyl (C=O) groups is 3. The molecule has 0 bridgehead atoms. The lowest BCUT2D eigenvalue weighted by Gasteiger charge is -2.17. The van der Waals surface area contributed by atoms with Crippen molar-refractivity contribution in [3.8, 4) is 11.5 Å². The predicted molar refractivity (Wildman–Crippen MR) is 296 cm³/mol. The van der Waals surface area contributed by atoms with E-state index in [4.69, 9.17) is 9.47 Å². The quantitative estimate of drug-likeness (QED) is 0.149. The molecule has 6 rings (SSSR count). The summed E-state index contributed by atoms with van der Waals surface area (Å²) in [6, 6.07) is 25.2. The highest BCUT2D eigenvalue weighted by atomic mass is 32.2. The standard InChI is InChI=1S/C10H12.C9H10.C8H8O2.3C8H16OS.3C2H6/c1-2-6-10-8-4-3-7-9(10)5-1;1-2-5-9-7-3-6-8(9)4-1;1-2-4-8-7(3-1)9-5-6-10-8;3*1-4-5-8(9)6-10-7(2)3;3*1-2/h1-2,5-6H,3-4,7-8H2;1-2,4-5H,3,6-7H2;1-4H,5-6H2;3*7H,4-6H2,1-3H3;3*1-2H3. The van der Waals surface area contributed by atoms with Crippen molar-refractivity contribution >= 4 is 52.6 Å². The minimum Gasteiger partial charge on any atom is -0.486 e. The van der Waals surface area contributed by atoms with Crippen LogP contribution in [-0.2, 0) is 40.1 Å². The van der Waals surface area contributed by atoms with Crippen LogP contribution in [0.2, 0.25) is 0 Å². The van der Waals surface area contributed by atoms with Gasteiger partial charge in [-0.3, -0.25) is 14.4 Å². The Balaban J connectivity index is -0.000000693. The van der Waals surface area contributed by atoms with E-state index in [0.717, 1.165) is 50.0 Å². The molecule has 1 aliphatic heterocycles. The van der Waals surface area contributed by atoms with Crippen LogP contribution in [0, 0.1) is 0 Å². The zero-order valence-electron chi connectivity index (χ0n) is 44.2. The van der Waals surface area contributed by atoms with Crippen molar-refractivity contribution in [3.05, 3.63) is 95.1 Å². The molecule has 3 aromatic carbocycles. The number of thioether (sulfide) groups is 3. The fourth-order valence-corrected chi connectivity index (χ4v) is 8.01. The molecule has 0 fully saturated rings. The van der Waals surface area contributed by atoms with Gasteiger partial charge in [0, 0.05) is 19.3 Å². The maximum atomic E-state index is 10.9. The molecule has 0 amide bonds. The molecule has 0 saturated heterocycles. The van der Waals surface area contributed by atoms with E-state index in [1.54, 1.807) is 57.5 Å². The second-order valence-electron chi connectivity index (χ2n) is 15.7. The number of ketones is 3. The number of ether oxygens (including phenoxy) is 2. The van der Waals surface area contributed by atoms with Crippen LogP contribution in [0.5, 0.6) is 11.5 Å². The van der Waals surface area contributed by atoms with Gasteiger partial charge in [0.2, 0.25) is 0 Å². The Morgan fingerprint density at radius 3 is 0.923 bits per heavy atom. The number of hydrogen-bond acceptors (Lipinski definition) is 8. The Morgan fingerprint density at radius 1 is 0.431 bits per heavy atom. The molecule has 0 saturated carbocycles. The van der Waals surface area contributed by atoms with E-state index in [0.29, 0.717) is 63.6 Å². The number of aryl methyl sites for hydroxylation is 4. The van der Waals surface area contributed by atoms with Crippen molar-refractivity contribution < 1.29 is 23.9 Å². The van der Waals surface area contributed by atoms with Crippen LogP contribution < -0.4 is 9.47 Å². The van der Waals surface area contributed by atoms with Gasteiger partial charge >= 0.3 is 0 Å². The van der Waals surface area contributed by atoms with Crippen LogP contribution in [0.15, 0.2) is 72.8 Å². The Morgan fingerprint density at radius 2 is 0.677 bits per heavy atom. The van der Waals surface area contributed by atoms with Gasteiger partial charge in [-0.25, -0.2) is 0 Å². The lowest BCUT2D eigenvalue weighted by Crippen LogP contribution is -2.14. The number of fused-ring (bicyclic) bond motifs is 3. The van der Waals surface area contributed by atoms with Crippen molar-refractivity contribution in [1.82, 2.24) is 0 Å². The molecule has 0 atom stereocenters. The molecule has 5 nitrogen and oxygen atoms in total. The van der Waals surface area contributed by atoms with Crippen molar-refractivity contribution in [2.24, 2.45) is 0 Å². The van der Waals surface area contributed by atoms with Gasteiger partial charge in [-0.15, -0.1) is 0 Å². The minimum absolute atomic E-state index is 0.390. The van der Waals surface area contributed by atoms with Gasteiger partial charge < -0.3 is 9.47 Å². The summed E-state index contributed by atoms with van der Waals surface area (Å²) in [6.45, 7) is 32.1. The number of rotatable bonds is 15. The molecule has 372 valence electrons. The first-order chi connectivity index (χ1) is 31.4. The van der Waals surface area contributed by atoms with Crippen LogP contribution in [0.3, 0.4) is 0 Å². The SMILES string of the molecule is CC.CC.CC.CCCC(=O)CSC(C)C.CCCC(=O)CSC(C)C.CCCC(=O)CSC(C)C.c1ccc2c(c1)CCC2.c1ccc2c(c1)CCCC2.c1ccc2c(c1)OCCO2. The predicted octanol–water partition coefficient (Wildman–Crippen LogP) is 16.8. The molecular weight excluding hydrogens is 861 g/mol. The van der Waals surface area contributed by atoms with Gasteiger partial charge in [0.05, 0.1) is 17.3 Å². The third-order valence-electron chi connectivity index (χ3n) is 9.04. The van der Waals surface area contributed by atoms with Gasteiger partial charge in [-0.1, -0.05) is 165 Å². The van der Waals surface area contributed by atoms with Gasteiger partial charge in [0.15, 0.2) is 11.5 Å². The molecule has 0 N–H and O–H groups in total. The highest BCUT2D eigenvalue weighted by Gasteiger charge is 2.09. The normalized spacial score (nSPS) is 12.0. The average Bonchev–Trinajstić information content (AvgIpc) is 3.82. The third kappa shape index (κ3) is 39.1. The number of benzene rings is 3. The van der Waals surface area contributed by atoms with E-state index >= 15 is 0 Å². The van der Waals surface area contributed by atoms with Gasteiger partial charge in [-0.05, 0) is 114 Å². The van der Waals surface area contributed by atoms with Crippen molar-refractivity contribution in [3.63, 3.8) is 0 Å². The summed E-state index contributed by atoms with van der Waals surface area (Å²) in [6.07, 6.45) is 14.5. The highest BCUT2D eigenvalue weighted by Crippen LogP contribution is 2.28. The molecule has 0 unspecified atom stereocenters. The van der Waals surface area contributed by atoms with E-state index in [2.05, 4.69) is 90.1 Å². The second kappa shape index (κ2) is 47.8. The molecule has 3 aliphatic rings. The fourth-order valence-electron chi connectivity index (χ4n) is 6.01. The fraction of sp³-hybridized carbons (Fsp3) is 0.632. The van der Waals surface area contributed by atoms with Crippen LogP contribution in [0.1, 0.15) is 184 Å². The van der Waals surface area contributed by atoms with E-state index in [9.17, 15) is 14.4 Å². The summed E-state index contributed by atoms with van der Waals surface area (Å²) >= 11 is 5.19. The Hall–Kier alpha value is -2.68. The number of Topliss-reactive ketones (excluding diaryl/α,β-unsaturated/α-hetero) is 3. The summed E-state index contributed by atoms with van der Waals surface area (Å²) in [7, 11) is 0. The van der Waals surface area contributed by atoms with E-state index in [1.165, 1.54) is 44.9 Å². The van der Waals surface area contributed by atoms with Gasteiger partial charge in [0.25, 0.3) is 0 Å².